The van der Waals surface area contributed by atoms with Gasteiger partial charge in [0, 0.05) is 35.9 Å². The summed E-state index contributed by atoms with van der Waals surface area (Å²) in [4.78, 5) is 14.6. The number of piperidine rings is 1. The van der Waals surface area contributed by atoms with Crippen molar-refractivity contribution in [2.75, 3.05) is 18.4 Å². The van der Waals surface area contributed by atoms with E-state index >= 15 is 0 Å². The number of hydrogen-bond acceptors (Lipinski definition) is 6. The number of aliphatic hydroxyl groups is 1. The van der Waals surface area contributed by atoms with Crippen LogP contribution in [0.4, 0.5) is 24.8 Å². The highest BCUT2D eigenvalue weighted by atomic mass is 19.1. The number of halogens is 3. The smallest absolute Gasteiger partial charge is 0.227 e. The first kappa shape index (κ1) is 25.2. The van der Waals surface area contributed by atoms with Gasteiger partial charge in [0.2, 0.25) is 5.95 Å². The predicted octanol–water partition coefficient (Wildman–Crippen LogP) is 5.50. The lowest BCUT2D eigenvalue weighted by Crippen LogP contribution is -2.37. The van der Waals surface area contributed by atoms with Crippen LogP contribution in [0.25, 0.3) is 22.3 Å². The van der Waals surface area contributed by atoms with Crippen LogP contribution >= 0.6 is 0 Å². The number of benzene rings is 2. The molecule has 1 unspecified atom stereocenters. The monoisotopic (exact) mass is 510 g/mol. The molecule has 1 aliphatic heterocycles. The Hall–Kier alpha value is -3.50. The van der Waals surface area contributed by atoms with Crippen LogP contribution in [0, 0.1) is 24.4 Å². The normalized spacial score (nSPS) is 16.6. The maximum atomic E-state index is 14.9. The highest BCUT2D eigenvalue weighted by Gasteiger charge is 2.20. The number of anilines is 2. The van der Waals surface area contributed by atoms with Crippen molar-refractivity contribution in [3.63, 3.8) is 0 Å². The molecule has 0 bridgehead atoms. The number of likely N-dealkylation sites (tertiary alicyclic amines) is 1. The Kier molecular flexibility index (Phi) is 6.87. The topological polar surface area (TPSA) is 79.1 Å². The first-order valence-electron chi connectivity index (χ1n) is 12.4. The van der Waals surface area contributed by atoms with Gasteiger partial charge in [-0.15, -0.1) is 0 Å². The minimum atomic E-state index is -0.707. The van der Waals surface area contributed by atoms with Gasteiger partial charge in [-0.3, -0.25) is 4.90 Å². The van der Waals surface area contributed by atoms with Gasteiger partial charge in [0.25, 0.3) is 0 Å². The minimum absolute atomic E-state index is 0.0324. The summed E-state index contributed by atoms with van der Waals surface area (Å²) in [5.41, 5.74) is 1.85. The van der Waals surface area contributed by atoms with Crippen LogP contribution in [0.5, 0.6) is 0 Å². The number of aryl methyl sites for hydroxylation is 1. The molecule has 0 spiro atoms. The largest absolute Gasteiger partial charge is 0.392 e. The Morgan fingerprint density at radius 3 is 2.62 bits per heavy atom. The quantitative estimate of drug-likeness (QED) is 0.357. The van der Waals surface area contributed by atoms with E-state index in [-0.39, 0.29) is 34.9 Å². The van der Waals surface area contributed by atoms with E-state index in [1.54, 1.807) is 25.1 Å². The lowest BCUT2D eigenvalue weighted by molar-refractivity contribution is 0.0663. The zero-order chi connectivity index (χ0) is 26.3. The predicted molar refractivity (Wildman–Crippen MR) is 136 cm³/mol. The van der Waals surface area contributed by atoms with Crippen LogP contribution in [-0.2, 0) is 6.54 Å². The van der Waals surface area contributed by atoms with Crippen LogP contribution < -0.4 is 5.32 Å². The van der Waals surface area contributed by atoms with E-state index < -0.39 is 17.5 Å². The molecular formula is C27H29F3N6O. The summed E-state index contributed by atoms with van der Waals surface area (Å²) in [7, 11) is 0. The molecule has 1 atom stereocenters. The molecule has 1 saturated heterocycles. The molecule has 10 heteroatoms. The zero-order valence-electron chi connectivity index (χ0n) is 21.0. The lowest BCUT2D eigenvalue weighted by atomic mass is 10.1. The van der Waals surface area contributed by atoms with Crippen LogP contribution in [0.3, 0.4) is 0 Å². The van der Waals surface area contributed by atoms with Crippen LogP contribution in [0.1, 0.15) is 44.1 Å². The summed E-state index contributed by atoms with van der Waals surface area (Å²) in [5.74, 6) is -0.967. The summed E-state index contributed by atoms with van der Waals surface area (Å²) in [5, 5.41) is 12.8. The molecule has 7 nitrogen and oxygen atoms in total. The number of fused-ring (bicyclic) bond motifs is 1. The third kappa shape index (κ3) is 5.17. The van der Waals surface area contributed by atoms with Crippen molar-refractivity contribution >= 4 is 22.7 Å². The van der Waals surface area contributed by atoms with Crippen LogP contribution in [0.15, 0.2) is 36.5 Å². The zero-order valence-corrected chi connectivity index (χ0v) is 21.0. The van der Waals surface area contributed by atoms with Gasteiger partial charge in [-0.25, -0.2) is 28.1 Å². The molecule has 1 fully saturated rings. The number of nitrogens with one attached hydrogen (secondary N) is 1. The Morgan fingerprint density at radius 2 is 1.89 bits per heavy atom. The Bertz CT molecular complexity index is 1450. The van der Waals surface area contributed by atoms with Gasteiger partial charge in [-0.1, -0.05) is 6.07 Å². The van der Waals surface area contributed by atoms with Crippen molar-refractivity contribution < 1.29 is 18.3 Å². The maximum Gasteiger partial charge on any atom is 0.227 e. The number of β-amino-alcohol motifs (C(OH)–C–C–N with tert-alkyl or cyclic N) is 1. The maximum absolute atomic E-state index is 14.9. The van der Waals surface area contributed by atoms with E-state index in [0.29, 0.717) is 35.7 Å². The second-order valence-corrected chi connectivity index (χ2v) is 9.80. The fraction of sp³-hybridized carbons (Fsp3) is 0.370. The van der Waals surface area contributed by atoms with Gasteiger partial charge in [-0.2, -0.15) is 0 Å². The fourth-order valence-corrected chi connectivity index (χ4v) is 4.99. The molecule has 194 valence electrons. The molecule has 0 aliphatic carbocycles. The summed E-state index contributed by atoms with van der Waals surface area (Å²) < 4.78 is 46.4. The standard InChI is InChI=1S/C27H29F3N6O/c1-15(2)36-16(3)32-26-22(29)9-18(10-24(26)36)25-23(30)12-31-27(34-25)33-19-7-6-17(21(28)11-19)13-35-8-4-5-20(37)14-35/h6-7,9-12,15,20,37H,4-5,8,13-14H2,1-3H3,(H,31,33,34). The Labute approximate surface area is 213 Å². The van der Waals surface area contributed by atoms with E-state index in [1.165, 1.54) is 12.1 Å². The van der Waals surface area contributed by atoms with Gasteiger partial charge in [0.1, 0.15) is 22.9 Å². The van der Waals surface area contributed by atoms with Crippen LogP contribution in [0.2, 0.25) is 0 Å². The van der Waals surface area contributed by atoms with Gasteiger partial charge in [-0.05, 0) is 64.4 Å². The highest BCUT2D eigenvalue weighted by molar-refractivity contribution is 5.83. The summed E-state index contributed by atoms with van der Waals surface area (Å²) in [6, 6.07) is 7.60. The number of imidazole rings is 1. The Balaban J connectivity index is 1.41. The Morgan fingerprint density at radius 1 is 1.08 bits per heavy atom. The van der Waals surface area contributed by atoms with E-state index in [1.807, 2.05) is 23.3 Å². The molecule has 0 radical (unpaired) electrons. The first-order valence-corrected chi connectivity index (χ1v) is 12.4. The average Bonchev–Trinajstić information content (AvgIpc) is 3.19. The molecular weight excluding hydrogens is 481 g/mol. The van der Waals surface area contributed by atoms with Gasteiger partial charge in [0.15, 0.2) is 11.6 Å². The summed E-state index contributed by atoms with van der Waals surface area (Å²) in [6.07, 6.45) is 2.27. The molecule has 3 heterocycles. The van der Waals surface area contributed by atoms with Gasteiger partial charge >= 0.3 is 0 Å². The number of aliphatic hydroxyl groups excluding tert-OH is 1. The van der Waals surface area contributed by atoms with Gasteiger partial charge < -0.3 is 15.0 Å². The third-order valence-corrected chi connectivity index (χ3v) is 6.64. The molecule has 0 saturated carbocycles. The van der Waals surface area contributed by atoms with Crippen LogP contribution in [-0.4, -0.2) is 48.7 Å². The number of aromatic nitrogens is 4. The lowest BCUT2D eigenvalue weighted by Gasteiger charge is -2.30. The van der Waals surface area contributed by atoms with E-state index in [0.717, 1.165) is 25.6 Å². The molecule has 1 aliphatic rings. The van der Waals surface area contributed by atoms with Gasteiger partial charge in [0.05, 0.1) is 17.8 Å². The molecule has 37 heavy (non-hydrogen) atoms. The average molecular weight is 511 g/mol. The molecule has 4 aromatic rings. The number of nitrogens with zero attached hydrogens (tertiary/aromatic N) is 5. The summed E-state index contributed by atoms with van der Waals surface area (Å²) >= 11 is 0. The van der Waals surface area contributed by atoms with Crippen molar-refractivity contribution in [1.82, 2.24) is 24.4 Å². The van der Waals surface area contributed by atoms with Crippen molar-refractivity contribution in [2.45, 2.75) is 52.3 Å². The number of hydrogen-bond donors (Lipinski definition) is 2. The molecule has 2 N–H and O–H groups in total. The molecule has 5 rings (SSSR count). The molecule has 2 aromatic heterocycles. The SMILES string of the molecule is Cc1nc2c(F)cc(-c3nc(Nc4ccc(CN5CCCC(O)C5)c(F)c4)ncc3F)cc2n1C(C)C. The summed E-state index contributed by atoms with van der Waals surface area (Å²) in [6.45, 7) is 7.47. The van der Waals surface area contributed by atoms with Crippen molar-refractivity contribution in [2.24, 2.45) is 0 Å². The van der Waals surface area contributed by atoms with Crippen molar-refractivity contribution in [1.29, 1.82) is 0 Å². The second kappa shape index (κ2) is 10.1. The third-order valence-electron chi connectivity index (χ3n) is 6.64. The van der Waals surface area contributed by atoms with E-state index in [9.17, 15) is 18.3 Å². The highest BCUT2D eigenvalue weighted by Crippen LogP contribution is 2.30. The fourth-order valence-electron chi connectivity index (χ4n) is 4.99. The first-order chi connectivity index (χ1) is 17.7. The molecule has 0 amide bonds. The molecule has 2 aromatic carbocycles. The van der Waals surface area contributed by atoms with Crippen molar-refractivity contribution in [3.8, 4) is 11.3 Å². The van der Waals surface area contributed by atoms with Crippen molar-refractivity contribution in [3.05, 3.63) is 65.4 Å². The van der Waals surface area contributed by atoms with E-state index in [2.05, 4.69) is 20.3 Å². The van der Waals surface area contributed by atoms with E-state index in [4.69, 9.17) is 0 Å². The number of rotatable bonds is 6. The second-order valence-electron chi connectivity index (χ2n) is 9.80. The minimum Gasteiger partial charge on any atom is -0.392 e.